The molecule has 9 atom stereocenters. The Morgan fingerprint density at radius 3 is 2.09 bits per heavy atom. The summed E-state index contributed by atoms with van der Waals surface area (Å²) in [6.07, 6.45) is 12.8. The Balaban J connectivity index is 1.58. The number of hydrogen-bond donors (Lipinski definition) is 2. The molecular weight excluding hydrogens is 392 g/mol. The quantitative estimate of drug-likeness (QED) is 0.391. The molecule has 0 aromatic rings. The molecule has 0 bridgehead atoms. The van der Waals surface area contributed by atoms with Crippen molar-refractivity contribution in [2.45, 2.75) is 125 Å². The predicted molar refractivity (Wildman–Crippen MR) is 132 cm³/mol. The third-order valence-electron chi connectivity index (χ3n) is 13.1. The summed E-state index contributed by atoms with van der Waals surface area (Å²) in [6.45, 7) is 19.7. The first-order valence-corrected chi connectivity index (χ1v) is 13.7. The Hall–Kier alpha value is -0.340. The standard InChI is InChI=1S/C30H50O2/c1-25(2)17-20-19-9-10-22-28(6)13-12-23(31)26(3,4)21(28)11-14-30(22,8)29(19,7)16-15-27(20,5)24(32)18-25/h9,20-24,31-32H,10-18H2,1-8H3/t20-,21-,22-,23+,24-,27-,28+,29-,30-/m1/s1. The van der Waals surface area contributed by atoms with Gasteiger partial charge in [0.05, 0.1) is 12.2 Å². The van der Waals surface area contributed by atoms with Gasteiger partial charge in [-0.25, -0.2) is 0 Å². The second kappa shape index (κ2) is 6.66. The molecule has 2 N–H and O–H groups in total. The molecule has 0 aromatic heterocycles. The van der Waals surface area contributed by atoms with E-state index in [-0.39, 0.29) is 33.9 Å². The van der Waals surface area contributed by atoms with Crippen LogP contribution in [0.25, 0.3) is 0 Å². The fourth-order valence-corrected chi connectivity index (χ4v) is 10.7. The van der Waals surface area contributed by atoms with E-state index in [4.69, 9.17) is 0 Å². The van der Waals surface area contributed by atoms with Crippen LogP contribution in [0.1, 0.15) is 113 Å². The van der Waals surface area contributed by atoms with Crippen LogP contribution in [0.5, 0.6) is 0 Å². The molecule has 2 heteroatoms. The second-order valence-electron chi connectivity index (χ2n) is 15.3. The zero-order valence-electron chi connectivity index (χ0n) is 22.2. The van der Waals surface area contributed by atoms with Crippen molar-refractivity contribution in [3.63, 3.8) is 0 Å². The van der Waals surface area contributed by atoms with Crippen molar-refractivity contribution in [2.75, 3.05) is 0 Å². The molecule has 0 saturated heterocycles. The fourth-order valence-electron chi connectivity index (χ4n) is 10.7. The third kappa shape index (κ3) is 2.72. The zero-order valence-corrected chi connectivity index (χ0v) is 22.2. The second-order valence-corrected chi connectivity index (χ2v) is 15.3. The molecule has 0 unspecified atom stereocenters. The van der Waals surface area contributed by atoms with Crippen LogP contribution < -0.4 is 0 Å². The van der Waals surface area contributed by atoms with Gasteiger partial charge in [0.1, 0.15) is 0 Å². The summed E-state index contributed by atoms with van der Waals surface area (Å²) in [5.41, 5.74) is 2.86. The average molecular weight is 443 g/mol. The molecular formula is C30H50O2. The first-order valence-electron chi connectivity index (χ1n) is 13.7. The van der Waals surface area contributed by atoms with Crippen LogP contribution in [0.4, 0.5) is 0 Å². The lowest BCUT2D eigenvalue weighted by Crippen LogP contribution is -2.65. The van der Waals surface area contributed by atoms with Crippen LogP contribution in [0.2, 0.25) is 0 Å². The fraction of sp³-hybridized carbons (Fsp3) is 0.933. The van der Waals surface area contributed by atoms with Crippen molar-refractivity contribution < 1.29 is 10.2 Å². The Morgan fingerprint density at radius 2 is 1.41 bits per heavy atom. The molecule has 4 saturated carbocycles. The number of rotatable bonds is 0. The molecule has 0 amide bonds. The topological polar surface area (TPSA) is 40.5 Å². The van der Waals surface area contributed by atoms with Crippen molar-refractivity contribution in [1.82, 2.24) is 0 Å². The number of aliphatic hydroxyl groups excluding tert-OH is 2. The van der Waals surface area contributed by atoms with Gasteiger partial charge in [-0.05, 0) is 103 Å². The van der Waals surface area contributed by atoms with Crippen LogP contribution in [-0.2, 0) is 0 Å². The Kier molecular flexibility index (Phi) is 4.87. The molecule has 0 aliphatic heterocycles. The van der Waals surface area contributed by atoms with Gasteiger partial charge in [-0.2, -0.15) is 0 Å². The number of hydrogen-bond acceptors (Lipinski definition) is 2. The maximum Gasteiger partial charge on any atom is 0.0604 e. The van der Waals surface area contributed by atoms with Crippen LogP contribution in [0, 0.1) is 50.2 Å². The minimum atomic E-state index is -0.180. The van der Waals surface area contributed by atoms with Crippen molar-refractivity contribution in [3.05, 3.63) is 11.6 Å². The molecule has 0 heterocycles. The largest absolute Gasteiger partial charge is 0.393 e. The van der Waals surface area contributed by atoms with Crippen LogP contribution in [-0.4, -0.2) is 22.4 Å². The number of allylic oxidation sites excluding steroid dienone is 2. The summed E-state index contributed by atoms with van der Waals surface area (Å²) < 4.78 is 0. The number of aliphatic hydroxyl groups is 2. The lowest BCUT2D eigenvalue weighted by Gasteiger charge is -2.71. The summed E-state index contributed by atoms with van der Waals surface area (Å²) in [5.74, 6) is 1.83. The van der Waals surface area contributed by atoms with E-state index in [1.54, 1.807) is 5.57 Å². The summed E-state index contributed by atoms with van der Waals surface area (Å²) in [6, 6.07) is 0. The minimum absolute atomic E-state index is 0.0157. The van der Waals surface area contributed by atoms with E-state index >= 15 is 0 Å². The first kappa shape index (κ1) is 23.4. The van der Waals surface area contributed by atoms with Crippen molar-refractivity contribution in [2.24, 2.45) is 50.2 Å². The van der Waals surface area contributed by atoms with E-state index in [2.05, 4.69) is 61.5 Å². The molecule has 182 valence electrons. The van der Waals surface area contributed by atoms with Crippen LogP contribution >= 0.6 is 0 Å². The van der Waals surface area contributed by atoms with E-state index < -0.39 is 0 Å². The highest BCUT2D eigenvalue weighted by Gasteiger charge is 2.68. The van der Waals surface area contributed by atoms with Gasteiger partial charge < -0.3 is 10.2 Å². The van der Waals surface area contributed by atoms with Gasteiger partial charge in [-0.3, -0.25) is 0 Å². The summed E-state index contributed by atoms with van der Waals surface area (Å²) in [5, 5.41) is 22.2. The monoisotopic (exact) mass is 442 g/mol. The van der Waals surface area contributed by atoms with Crippen molar-refractivity contribution in [3.8, 4) is 0 Å². The molecule has 2 nitrogen and oxygen atoms in total. The predicted octanol–water partition coefficient (Wildman–Crippen LogP) is 7.14. The molecule has 0 spiro atoms. The third-order valence-corrected chi connectivity index (χ3v) is 13.1. The van der Waals surface area contributed by atoms with Gasteiger partial charge in [0.2, 0.25) is 0 Å². The van der Waals surface area contributed by atoms with Crippen molar-refractivity contribution >= 4 is 0 Å². The van der Waals surface area contributed by atoms with Gasteiger partial charge in [0, 0.05) is 5.41 Å². The summed E-state index contributed by atoms with van der Waals surface area (Å²) >= 11 is 0. The first-order chi connectivity index (χ1) is 14.6. The summed E-state index contributed by atoms with van der Waals surface area (Å²) in [7, 11) is 0. The van der Waals surface area contributed by atoms with E-state index in [0.717, 1.165) is 19.3 Å². The molecule has 0 radical (unpaired) electrons. The van der Waals surface area contributed by atoms with Gasteiger partial charge >= 0.3 is 0 Å². The SMILES string of the molecule is CC1(C)C[C@@H](O)[C@]2(C)CC[C@]3(C)C(=CC[C@@H]4[C@@]5(C)CC[C@H](O)C(C)(C)[C@H]5CC[C@]43C)[C@H]2C1. The zero-order chi connectivity index (χ0) is 23.5. The molecule has 0 aromatic carbocycles. The lowest BCUT2D eigenvalue weighted by molar-refractivity contribution is -0.207. The Morgan fingerprint density at radius 1 is 0.719 bits per heavy atom. The van der Waals surface area contributed by atoms with Gasteiger partial charge in [0.15, 0.2) is 0 Å². The Bertz CT molecular complexity index is 825. The van der Waals surface area contributed by atoms with E-state index in [9.17, 15) is 10.2 Å². The molecule has 4 fully saturated rings. The van der Waals surface area contributed by atoms with E-state index in [0.29, 0.717) is 28.6 Å². The normalized spacial score (nSPS) is 56.2. The molecule has 32 heavy (non-hydrogen) atoms. The average Bonchev–Trinajstić information content (AvgIpc) is 2.67. The van der Waals surface area contributed by atoms with E-state index in [1.807, 2.05) is 0 Å². The highest BCUT2D eigenvalue weighted by Crippen LogP contribution is 2.75. The molecule has 5 rings (SSSR count). The minimum Gasteiger partial charge on any atom is -0.393 e. The highest BCUT2D eigenvalue weighted by atomic mass is 16.3. The van der Waals surface area contributed by atoms with E-state index in [1.165, 1.54) is 38.5 Å². The summed E-state index contributed by atoms with van der Waals surface area (Å²) in [4.78, 5) is 0. The molecule has 5 aliphatic carbocycles. The van der Waals surface area contributed by atoms with Crippen molar-refractivity contribution in [1.29, 1.82) is 0 Å². The number of fused-ring (bicyclic) bond motifs is 7. The maximum absolute atomic E-state index is 11.3. The van der Waals surface area contributed by atoms with Gasteiger partial charge in [-0.1, -0.05) is 67.0 Å². The maximum atomic E-state index is 11.3. The van der Waals surface area contributed by atoms with Crippen LogP contribution in [0.3, 0.4) is 0 Å². The van der Waals surface area contributed by atoms with Gasteiger partial charge in [0.25, 0.3) is 0 Å². The smallest absolute Gasteiger partial charge is 0.0604 e. The van der Waals surface area contributed by atoms with Gasteiger partial charge in [-0.15, -0.1) is 0 Å². The highest BCUT2D eigenvalue weighted by molar-refractivity contribution is 5.34. The Labute approximate surface area is 197 Å². The molecule has 5 aliphatic rings. The lowest BCUT2D eigenvalue weighted by atomic mass is 9.33. The van der Waals surface area contributed by atoms with Crippen LogP contribution in [0.15, 0.2) is 11.6 Å².